The first-order valence-electron chi connectivity index (χ1n) is 6.57. The number of sulfonamides is 1. The number of aromatic nitrogens is 1. The fourth-order valence-electron chi connectivity index (χ4n) is 1.94. The van der Waals surface area contributed by atoms with Gasteiger partial charge in [-0.2, -0.15) is 0 Å². The minimum absolute atomic E-state index is 0.197. The zero-order chi connectivity index (χ0) is 15.5. The Morgan fingerprint density at radius 1 is 1.38 bits per heavy atom. The van der Waals surface area contributed by atoms with Gasteiger partial charge >= 0.3 is 0 Å². The summed E-state index contributed by atoms with van der Waals surface area (Å²) in [5.74, 6) is 1.00. The maximum Gasteiger partial charge on any atom is 0.244 e. The fourth-order valence-corrected chi connectivity index (χ4v) is 3.95. The Kier molecular flexibility index (Phi) is 5.15. The third kappa shape index (κ3) is 4.13. The number of aryl methyl sites for hydroxylation is 2. The molecule has 0 aliphatic rings. The van der Waals surface area contributed by atoms with E-state index in [0.717, 1.165) is 10.7 Å². The molecular formula is C13H19N3O3S2. The summed E-state index contributed by atoms with van der Waals surface area (Å²) < 4.78 is 32.5. The lowest BCUT2D eigenvalue weighted by atomic mass is 10.4. The zero-order valence-corrected chi connectivity index (χ0v) is 13.9. The van der Waals surface area contributed by atoms with Crippen LogP contribution < -0.4 is 10.0 Å². The van der Waals surface area contributed by atoms with Crippen molar-refractivity contribution < 1.29 is 12.8 Å². The van der Waals surface area contributed by atoms with Crippen molar-refractivity contribution in [2.45, 2.75) is 31.7 Å². The molecule has 0 atom stereocenters. The van der Waals surface area contributed by atoms with Crippen LogP contribution in [-0.4, -0.2) is 27.0 Å². The summed E-state index contributed by atoms with van der Waals surface area (Å²) in [5, 5.41) is 5.81. The van der Waals surface area contributed by atoms with Crippen LogP contribution in [0.4, 0.5) is 0 Å². The lowest BCUT2D eigenvalue weighted by molar-refractivity contribution is 0.465. The summed E-state index contributed by atoms with van der Waals surface area (Å²) in [6.07, 6.45) is 0.581. The Morgan fingerprint density at radius 2 is 2.14 bits per heavy atom. The molecule has 6 nitrogen and oxygen atoms in total. The molecule has 0 saturated heterocycles. The standard InChI is InChI=1S/C13H19N3O3S2/c1-9-8-20-13(16-9)4-5-15-21(17,18)12-6-11(7-14-3)19-10(12)2/h6,8,14-15H,4-5,7H2,1-3H3. The summed E-state index contributed by atoms with van der Waals surface area (Å²) >= 11 is 1.54. The Morgan fingerprint density at radius 3 is 2.76 bits per heavy atom. The molecule has 0 aliphatic heterocycles. The summed E-state index contributed by atoms with van der Waals surface area (Å²) in [7, 11) is -1.77. The van der Waals surface area contributed by atoms with Gasteiger partial charge in [-0.25, -0.2) is 18.1 Å². The molecule has 0 spiro atoms. The molecule has 0 amide bonds. The van der Waals surface area contributed by atoms with E-state index in [9.17, 15) is 8.42 Å². The summed E-state index contributed by atoms with van der Waals surface area (Å²) in [5.41, 5.74) is 0.959. The zero-order valence-electron chi connectivity index (χ0n) is 12.3. The van der Waals surface area contributed by atoms with Gasteiger partial charge in [0.25, 0.3) is 0 Å². The van der Waals surface area contributed by atoms with Crippen molar-refractivity contribution in [1.82, 2.24) is 15.0 Å². The van der Waals surface area contributed by atoms with Crippen molar-refractivity contribution in [3.05, 3.63) is 33.7 Å². The number of furan rings is 1. The van der Waals surface area contributed by atoms with Crippen LogP contribution in [0, 0.1) is 13.8 Å². The average molecular weight is 329 g/mol. The number of rotatable bonds is 7. The highest BCUT2D eigenvalue weighted by molar-refractivity contribution is 7.89. The van der Waals surface area contributed by atoms with Crippen LogP contribution in [0.15, 0.2) is 20.8 Å². The molecule has 0 aliphatic carbocycles. The number of thiazole rings is 1. The first-order chi connectivity index (χ1) is 9.92. The average Bonchev–Trinajstić information content (AvgIpc) is 2.96. The minimum Gasteiger partial charge on any atom is -0.464 e. The number of hydrogen-bond acceptors (Lipinski definition) is 6. The van der Waals surface area contributed by atoms with E-state index in [1.54, 1.807) is 20.0 Å². The molecule has 0 radical (unpaired) electrons. The van der Waals surface area contributed by atoms with Gasteiger partial charge in [0.05, 0.1) is 11.6 Å². The van der Waals surface area contributed by atoms with Crippen molar-refractivity contribution in [2.24, 2.45) is 0 Å². The lowest BCUT2D eigenvalue weighted by Crippen LogP contribution is -2.26. The van der Waals surface area contributed by atoms with Crippen molar-refractivity contribution in [1.29, 1.82) is 0 Å². The largest absolute Gasteiger partial charge is 0.464 e. The molecule has 2 aromatic rings. The Labute approximate surface area is 128 Å². The van der Waals surface area contributed by atoms with Gasteiger partial charge < -0.3 is 9.73 Å². The van der Waals surface area contributed by atoms with Gasteiger partial charge in [-0.1, -0.05) is 0 Å². The maximum atomic E-state index is 12.3. The minimum atomic E-state index is -3.55. The highest BCUT2D eigenvalue weighted by atomic mass is 32.2. The van der Waals surface area contributed by atoms with Crippen LogP contribution in [0.5, 0.6) is 0 Å². The second kappa shape index (κ2) is 6.69. The number of nitrogens with one attached hydrogen (secondary N) is 2. The maximum absolute atomic E-state index is 12.3. The fraction of sp³-hybridized carbons (Fsp3) is 0.462. The lowest BCUT2D eigenvalue weighted by Gasteiger charge is -2.04. The van der Waals surface area contributed by atoms with Gasteiger partial charge in [0.1, 0.15) is 16.4 Å². The molecule has 21 heavy (non-hydrogen) atoms. The summed E-state index contributed by atoms with van der Waals surface area (Å²) in [6.45, 7) is 4.39. The van der Waals surface area contributed by atoms with Crippen LogP contribution in [0.2, 0.25) is 0 Å². The molecule has 2 heterocycles. The van der Waals surface area contributed by atoms with E-state index in [2.05, 4.69) is 15.0 Å². The molecule has 2 aromatic heterocycles. The molecule has 0 aromatic carbocycles. The molecule has 2 rings (SSSR count). The van der Waals surface area contributed by atoms with E-state index in [-0.39, 0.29) is 4.90 Å². The van der Waals surface area contributed by atoms with Crippen LogP contribution in [-0.2, 0) is 23.0 Å². The summed E-state index contributed by atoms with van der Waals surface area (Å²) in [4.78, 5) is 4.50. The van der Waals surface area contributed by atoms with Gasteiger partial charge in [0.15, 0.2) is 0 Å². The third-order valence-corrected chi connectivity index (χ3v) is 5.46. The van der Waals surface area contributed by atoms with Gasteiger partial charge in [0, 0.05) is 30.1 Å². The van der Waals surface area contributed by atoms with E-state index in [4.69, 9.17) is 4.42 Å². The molecule has 2 N–H and O–H groups in total. The second-order valence-corrected chi connectivity index (χ2v) is 7.37. The van der Waals surface area contributed by atoms with E-state index >= 15 is 0 Å². The molecular weight excluding hydrogens is 310 g/mol. The van der Waals surface area contributed by atoms with Crippen LogP contribution in [0.3, 0.4) is 0 Å². The molecule has 0 fully saturated rings. The quantitative estimate of drug-likeness (QED) is 0.806. The Balaban J connectivity index is 2.01. The van der Waals surface area contributed by atoms with Crippen LogP contribution >= 0.6 is 11.3 Å². The third-order valence-electron chi connectivity index (χ3n) is 2.86. The van der Waals surface area contributed by atoms with E-state index in [1.165, 1.54) is 11.3 Å². The van der Waals surface area contributed by atoms with Crippen molar-refractivity contribution in [3.8, 4) is 0 Å². The van der Waals surface area contributed by atoms with E-state index in [0.29, 0.717) is 31.0 Å². The predicted octanol–water partition coefficient (Wildman–Crippen LogP) is 1.59. The molecule has 116 valence electrons. The van der Waals surface area contributed by atoms with Gasteiger partial charge in [-0.15, -0.1) is 11.3 Å². The number of nitrogens with zero attached hydrogens (tertiary/aromatic N) is 1. The van der Waals surface area contributed by atoms with Crippen molar-refractivity contribution in [3.63, 3.8) is 0 Å². The van der Waals surface area contributed by atoms with Crippen molar-refractivity contribution >= 4 is 21.4 Å². The molecule has 0 unspecified atom stereocenters. The summed E-state index contributed by atoms with van der Waals surface area (Å²) in [6, 6.07) is 1.56. The second-order valence-electron chi connectivity index (χ2n) is 4.69. The highest BCUT2D eigenvalue weighted by Gasteiger charge is 2.20. The smallest absolute Gasteiger partial charge is 0.244 e. The Hall–Kier alpha value is -1.22. The monoisotopic (exact) mass is 329 g/mol. The Bertz CT molecular complexity index is 704. The van der Waals surface area contributed by atoms with Crippen LogP contribution in [0.25, 0.3) is 0 Å². The first kappa shape index (κ1) is 16.2. The highest BCUT2D eigenvalue weighted by Crippen LogP contribution is 2.20. The van der Waals surface area contributed by atoms with Gasteiger partial charge in [0.2, 0.25) is 10.0 Å². The number of hydrogen-bond donors (Lipinski definition) is 2. The van der Waals surface area contributed by atoms with E-state index in [1.807, 2.05) is 12.3 Å². The van der Waals surface area contributed by atoms with Crippen molar-refractivity contribution in [2.75, 3.05) is 13.6 Å². The predicted molar refractivity (Wildman–Crippen MR) is 82.0 cm³/mol. The molecule has 0 bridgehead atoms. The van der Waals surface area contributed by atoms with Gasteiger partial charge in [-0.3, -0.25) is 0 Å². The van der Waals surface area contributed by atoms with E-state index < -0.39 is 10.0 Å². The normalized spacial score (nSPS) is 12.0. The molecule has 8 heteroatoms. The molecule has 0 saturated carbocycles. The first-order valence-corrected chi connectivity index (χ1v) is 8.93. The van der Waals surface area contributed by atoms with Crippen LogP contribution in [0.1, 0.15) is 22.2 Å². The topological polar surface area (TPSA) is 84.2 Å². The van der Waals surface area contributed by atoms with Gasteiger partial charge in [-0.05, 0) is 20.9 Å². The SMILES string of the molecule is CNCc1cc(S(=O)(=O)NCCc2nc(C)cs2)c(C)o1.